The average Bonchev–Trinajstić information content (AvgIpc) is 2.83. The van der Waals surface area contributed by atoms with E-state index in [0.29, 0.717) is 24.0 Å². The van der Waals surface area contributed by atoms with Gasteiger partial charge in [-0.15, -0.1) is 0 Å². The molecule has 1 aromatic rings. The number of amides is 1. The molecule has 0 radical (unpaired) electrons. The van der Waals surface area contributed by atoms with Crippen LogP contribution in [0.5, 0.6) is 0 Å². The van der Waals surface area contributed by atoms with Crippen molar-refractivity contribution in [3.8, 4) is 0 Å². The van der Waals surface area contributed by atoms with E-state index in [4.69, 9.17) is 4.74 Å². The van der Waals surface area contributed by atoms with Crippen molar-refractivity contribution in [1.82, 2.24) is 5.32 Å². The molecule has 2 unspecified atom stereocenters. The number of ether oxygens (including phenoxy) is 1. The fourth-order valence-corrected chi connectivity index (χ4v) is 9.41. The van der Waals surface area contributed by atoms with Gasteiger partial charge >= 0.3 is 0 Å². The van der Waals surface area contributed by atoms with Crippen LogP contribution >= 0.6 is 0 Å². The first-order valence-electron chi connectivity index (χ1n) is 14.0. The third-order valence-electron chi connectivity index (χ3n) is 10.9. The van der Waals surface area contributed by atoms with Gasteiger partial charge in [-0.25, -0.2) is 4.39 Å². The fraction of sp³-hybridized carbons (Fsp3) is 0.767. The van der Waals surface area contributed by atoms with Crippen LogP contribution in [0.1, 0.15) is 88.4 Å². The van der Waals surface area contributed by atoms with Crippen LogP contribution in [0.3, 0.4) is 0 Å². The Labute approximate surface area is 210 Å². The van der Waals surface area contributed by atoms with Gasteiger partial charge in [0.2, 0.25) is 0 Å². The summed E-state index contributed by atoms with van der Waals surface area (Å²) >= 11 is 0. The Hall–Kier alpha value is -1.46. The molecule has 4 aliphatic carbocycles. The number of benzene rings is 1. The second kappa shape index (κ2) is 9.78. The van der Waals surface area contributed by atoms with Crippen molar-refractivity contribution in [3.05, 3.63) is 35.6 Å². The first kappa shape index (κ1) is 25.2. The minimum atomic E-state index is -0.625. The van der Waals surface area contributed by atoms with E-state index < -0.39 is 5.60 Å². The van der Waals surface area contributed by atoms with Gasteiger partial charge in [0.05, 0.1) is 12.2 Å². The van der Waals surface area contributed by atoms with Gasteiger partial charge in [0, 0.05) is 18.7 Å². The Balaban J connectivity index is 1.28. The molecule has 1 amide bonds. The maximum absolute atomic E-state index is 13.3. The van der Waals surface area contributed by atoms with Crippen molar-refractivity contribution in [2.75, 3.05) is 13.7 Å². The van der Waals surface area contributed by atoms with E-state index in [1.807, 2.05) is 0 Å². The number of halogens is 1. The van der Waals surface area contributed by atoms with Gasteiger partial charge in [-0.3, -0.25) is 4.79 Å². The van der Waals surface area contributed by atoms with Crippen molar-refractivity contribution >= 4 is 5.91 Å². The summed E-state index contributed by atoms with van der Waals surface area (Å²) in [5, 5.41) is 14.3. The average molecular weight is 486 g/mol. The molecule has 5 rings (SSSR count). The molecule has 0 aliphatic heterocycles. The summed E-state index contributed by atoms with van der Waals surface area (Å²) in [7, 11) is 1.70. The Morgan fingerprint density at radius 1 is 1.09 bits per heavy atom. The predicted molar refractivity (Wildman–Crippen MR) is 135 cm³/mol. The molecule has 4 saturated carbocycles. The second-order valence-corrected chi connectivity index (χ2v) is 12.7. The smallest absolute Gasteiger partial charge is 0.251 e. The molecule has 4 nitrogen and oxygen atoms in total. The SMILES string of the molecule is COC[C@@]1(O)CC[C@@H]2C3CC[C@]4(C)[C@@H](C(C)NC(=O)c5ccc(F)cc5)CCC[C@H]4[C@@H]3CC[C@@H]2C1. The molecule has 4 aliphatic rings. The number of carbonyl (C=O) groups excluding carboxylic acids is 1. The Morgan fingerprint density at radius 2 is 1.83 bits per heavy atom. The molecule has 4 fully saturated rings. The summed E-state index contributed by atoms with van der Waals surface area (Å²) in [5.74, 6) is 3.77. The first-order chi connectivity index (χ1) is 16.7. The minimum Gasteiger partial charge on any atom is -0.387 e. The number of nitrogens with one attached hydrogen (secondary N) is 1. The molecule has 1 aromatic carbocycles. The van der Waals surface area contributed by atoms with Gasteiger partial charge in [-0.2, -0.15) is 0 Å². The number of hydrogen-bond donors (Lipinski definition) is 2. The molecule has 0 aromatic heterocycles. The summed E-state index contributed by atoms with van der Waals surface area (Å²) in [6, 6.07) is 5.97. The van der Waals surface area contributed by atoms with Gasteiger partial charge in [-0.05, 0) is 130 Å². The lowest BCUT2D eigenvalue weighted by atomic mass is 9.44. The highest BCUT2D eigenvalue weighted by atomic mass is 19.1. The van der Waals surface area contributed by atoms with Crippen LogP contribution in [0, 0.1) is 46.7 Å². The van der Waals surface area contributed by atoms with E-state index in [1.165, 1.54) is 57.1 Å². The number of methoxy groups -OCH3 is 1. The molecular weight excluding hydrogens is 441 g/mol. The second-order valence-electron chi connectivity index (χ2n) is 12.7. The zero-order valence-corrected chi connectivity index (χ0v) is 21.8. The van der Waals surface area contributed by atoms with Crippen LogP contribution < -0.4 is 5.32 Å². The van der Waals surface area contributed by atoms with Crippen LogP contribution in [0.4, 0.5) is 4.39 Å². The van der Waals surface area contributed by atoms with E-state index >= 15 is 0 Å². The van der Waals surface area contributed by atoms with Crippen LogP contribution in [0.2, 0.25) is 0 Å². The molecule has 9 atom stereocenters. The van der Waals surface area contributed by atoms with Crippen molar-refractivity contribution in [3.63, 3.8) is 0 Å². The van der Waals surface area contributed by atoms with Gasteiger partial charge in [0.25, 0.3) is 5.91 Å². The molecule has 5 heteroatoms. The van der Waals surface area contributed by atoms with E-state index in [9.17, 15) is 14.3 Å². The molecule has 194 valence electrons. The maximum Gasteiger partial charge on any atom is 0.251 e. The molecular formula is C30H44FNO3. The van der Waals surface area contributed by atoms with Crippen LogP contribution in [-0.4, -0.2) is 36.4 Å². The van der Waals surface area contributed by atoms with Crippen molar-refractivity contribution in [1.29, 1.82) is 0 Å². The first-order valence-corrected chi connectivity index (χ1v) is 14.0. The summed E-state index contributed by atoms with van der Waals surface area (Å²) in [4.78, 5) is 12.9. The minimum absolute atomic E-state index is 0.0943. The molecule has 0 spiro atoms. The van der Waals surface area contributed by atoms with Crippen LogP contribution in [0.25, 0.3) is 0 Å². The standard InChI is InChI=1S/C30H44FNO3/c1-19(32-28(33)20-7-10-22(31)11-8-20)26-5-4-6-27-25-12-9-21-17-30(34,18-35-3)16-14-23(21)24(25)13-15-29(26,27)2/h7-8,10-11,19,21,23-27,34H,4-6,9,12-18H2,1-3H3,(H,32,33)/t19?,21-,23+,24?,25-,26-,27+,29-,30-/m1/s1. The van der Waals surface area contributed by atoms with Gasteiger partial charge in [0.15, 0.2) is 0 Å². The Morgan fingerprint density at radius 3 is 2.57 bits per heavy atom. The lowest BCUT2D eigenvalue weighted by Crippen LogP contribution is -2.57. The summed E-state index contributed by atoms with van der Waals surface area (Å²) in [5.41, 5.74) is 0.163. The monoisotopic (exact) mass is 485 g/mol. The Kier molecular flexibility index (Phi) is 7.04. The van der Waals surface area contributed by atoms with E-state index in [1.54, 1.807) is 19.2 Å². The highest BCUT2D eigenvalue weighted by molar-refractivity contribution is 5.94. The molecule has 0 saturated heterocycles. The van der Waals surface area contributed by atoms with Crippen molar-refractivity contribution < 1.29 is 19.0 Å². The van der Waals surface area contributed by atoms with Crippen molar-refractivity contribution in [2.24, 2.45) is 40.9 Å². The maximum atomic E-state index is 13.3. The number of rotatable bonds is 5. The number of aliphatic hydroxyl groups is 1. The summed E-state index contributed by atoms with van der Waals surface area (Å²) in [6.07, 6.45) is 11.7. The van der Waals surface area contributed by atoms with E-state index in [0.717, 1.165) is 42.9 Å². The topological polar surface area (TPSA) is 58.6 Å². The Bertz CT molecular complexity index is 905. The summed E-state index contributed by atoms with van der Waals surface area (Å²) < 4.78 is 18.7. The van der Waals surface area contributed by atoms with Gasteiger partial charge in [0.1, 0.15) is 5.82 Å². The highest BCUT2D eigenvalue weighted by Gasteiger charge is 2.57. The predicted octanol–water partition coefficient (Wildman–Crippen LogP) is 5.98. The fourth-order valence-electron chi connectivity index (χ4n) is 9.41. The molecule has 0 bridgehead atoms. The largest absolute Gasteiger partial charge is 0.387 e. The number of hydrogen-bond acceptors (Lipinski definition) is 3. The zero-order valence-electron chi connectivity index (χ0n) is 21.8. The van der Waals surface area contributed by atoms with Crippen LogP contribution in [0.15, 0.2) is 24.3 Å². The van der Waals surface area contributed by atoms with E-state index in [2.05, 4.69) is 19.2 Å². The summed E-state index contributed by atoms with van der Waals surface area (Å²) in [6.45, 7) is 5.16. The molecule has 0 heterocycles. The third-order valence-corrected chi connectivity index (χ3v) is 10.9. The van der Waals surface area contributed by atoms with Crippen molar-refractivity contribution in [2.45, 2.75) is 89.7 Å². The number of fused-ring (bicyclic) bond motifs is 5. The van der Waals surface area contributed by atoms with Gasteiger partial charge < -0.3 is 15.2 Å². The normalized spacial score (nSPS) is 41.7. The lowest BCUT2D eigenvalue weighted by molar-refractivity contribution is -0.142. The highest BCUT2D eigenvalue weighted by Crippen LogP contribution is 2.63. The zero-order chi connectivity index (χ0) is 24.8. The van der Waals surface area contributed by atoms with Crippen LogP contribution in [-0.2, 0) is 4.74 Å². The van der Waals surface area contributed by atoms with E-state index in [-0.39, 0.29) is 23.2 Å². The number of carbonyl (C=O) groups is 1. The van der Waals surface area contributed by atoms with Gasteiger partial charge in [-0.1, -0.05) is 13.3 Å². The molecule has 2 N–H and O–H groups in total. The quantitative estimate of drug-likeness (QED) is 0.539. The molecule has 35 heavy (non-hydrogen) atoms. The lowest BCUT2D eigenvalue weighted by Gasteiger charge is -2.61. The third kappa shape index (κ3) is 4.68.